The number of Topliss-reactive ketones (excluding diaryl/α,β-unsaturated/α-hetero) is 1. The second-order valence-corrected chi connectivity index (χ2v) is 5.10. The summed E-state index contributed by atoms with van der Waals surface area (Å²) >= 11 is 6.01. The number of hydrogen-bond donors (Lipinski definition) is 0. The minimum absolute atomic E-state index is 0.201. The maximum absolute atomic E-state index is 11.6. The molecule has 1 saturated carbocycles. The van der Waals surface area contributed by atoms with E-state index < -0.39 is 0 Å². The van der Waals surface area contributed by atoms with Crippen molar-refractivity contribution >= 4 is 17.4 Å². The van der Waals surface area contributed by atoms with Crippen LogP contribution in [-0.4, -0.2) is 5.78 Å². The van der Waals surface area contributed by atoms with Crippen molar-refractivity contribution in [2.45, 2.75) is 38.5 Å². The average Bonchev–Trinajstić information content (AvgIpc) is 2.29. The smallest absolute Gasteiger partial charge is 0.133 e. The zero-order valence-corrected chi connectivity index (χ0v) is 10.3. The SMILES string of the molecule is CC(=O)C1CCCCC1c1cccc(Cl)c1. The second-order valence-electron chi connectivity index (χ2n) is 4.66. The highest BCUT2D eigenvalue weighted by molar-refractivity contribution is 6.30. The Bertz CT molecular complexity index is 386. The molecule has 0 amide bonds. The average molecular weight is 237 g/mol. The molecule has 1 aliphatic carbocycles. The summed E-state index contributed by atoms with van der Waals surface area (Å²) in [5.74, 6) is 0.904. The first-order valence-electron chi connectivity index (χ1n) is 5.94. The first-order valence-corrected chi connectivity index (χ1v) is 6.32. The largest absolute Gasteiger partial charge is 0.300 e. The molecule has 0 N–H and O–H groups in total. The topological polar surface area (TPSA) is 17.1 Å². The van der Waals surface area contributed by atoms with Crippen LogP contribution in [0, 0.1) is 5.92 Å². The highest BCUT2D eigenvalue weighted by atomic mass is 35.5. The number of benzene rings is 1. The van der Waals surface area contributed by atoms with Gasteiger partial charge in [-0.05, 0) is 43.4 Å². The third kappa shape index (κ3) is 2.46. The van der Waals surface area contributed by atoms with E-state index in [1.807, 2.05) is 18.2 Å². The molecule has 0 bridgehead atoms. The van der Waals surface area contributed by atoms with Gasteiger partial charge in [0.2, 0.25) is 0 Å². The van der Waals surface area contributed by atoms with Crippen LogP contribution in [0.25, 0.3) is 0 Å². The van der Waals surface area contributed by atoms with Gasteiger partial charge < -0.3 is 0 Å². The zero-order valence-electron chi connectivity index (χ0n) is 9.58. The molecule has 1 aromatic rings. The molecule has 0 aliphatic heterocycles. The van der Waals surface area contributed by atoms with Crippen molar-refractivity contribution < 1.29 is 4.79 Å². The predicted octanol–water partition coefficient (Wildman–Crippen LogP) is 4.20. The van der Waals surface area contributed by atoms with Crippen LogP contribution in [0.5, 0.6) is 0 Å². The molecule has 1 aliphatic rings. The summed E-state index contributed by atoms with van der Waals surface area (Å²) in [5, 5.41) is 0.769. The van der Waals surface area contributed by atoms with Gasteiger partial charge in [-0.1, -0.05) is 36.6 Å². The van der Waals surface area contributed by atoms with Crippen LogP contribution in [0.3, 0.4) is 0 Å². The van der Waals surface area contributed by atoms with E-state index >= 15 is 0 Å². The Morgan fingerprint density at radius 3 is 2.75 bits per heavy atom. The van der Waals surface area contributed by atoms with Gasteiger partial charge in [-0.2, -0.15) is 0 Å². The highest BCUT2D eigenvalue weighted by Crippen LogP contribution is 2.38. The van der Waals surface area contributed by atoms with E-state index in [1.165, 1.54) is 18.4 Å². The molecule has 86 valence electrons. The first-order chi connectivity index (χ1) is 7.68. The number of rotatable bonds is 2. The Kier molecular flexibility index (Phi) is 3.65. The Labute approximate surface area is 102 Å². The van der Waals surface area contributed by atoms with E-state index in [-0.39, 0.29) is 5.92 Å². The number of ketones is 1. The van der Waals surface area contributed by atoms with E-state index in [1.54, 1.807) is 6.92 Å². The molecule has 0 radical (unpaired) electrons. The van der Waals surface area contributed by atoms with Crippen LogP contribution in [-0.2, 0) is 4.79 Å². The molecule has 2 unspecified atom stereocenters. The molecule has 0 aromatic heterocycles. The zero-order chi connectivity index (χ0) is 11.5. The van der Waals surface area contributed by atoms with Crippen LogP contribution in [0.1, 0.15) is 44.1 Å². The molecular formula is C14H17ClO. The lowest BCUT2D eigenvalue weighted by atomic mass is 9.74. The van der Waals surface area contributed by atoms with Gasteiger partial charge in [-0.25, -0.2) is 0 Å². The molecule has 0 heterocycles. The number of carbonyl (C=O) groups excluding carboxylic acids is 1. The van der Waals surface area contributed by atoms with Crippen molar-refractivity contribution in [2.24, 2.45) is 5.92 Å². The Morgan fingerprint density at radius 1 is 1.31 bits per heavy atom. The third-order valence-electron chi connectivity index (χ3n) is 3.56. The molecule has 16 heavy (non-hydrogen) atoms. The summed E-state index contributed by atoms with van der Waals surface area (Å²) in [4.78, 5) is 11.6. The Balaban J connectivity index is 2.26. The lowest BCUT2D eigenvalue weighted by Gasteiger charge is -2.30. The molecule has 1 nitrogen and oxygen atoms in total. The molecule has 0 saturated heterocycles. The van der Waals surface area contributed by atoms with Gasteiger partial charge in [0, 0.05) is 10.9 Å². The van der Waals surface area contributed by atoms with Gasteiger partial charge in [-0.3, -0.25) is 4.79 Å². The fourth-order valence-electron chi connectivity index (χ4n) is 2.75. The Morgan fingerprint density at radius 2 is 2.06 bits per heavy atom. The highest BCUT2D eigenvalue weighted by Gasteiger charge is 2.29. The summed E-state index contributed by atoms with van der Waals surface area (Å²) < 4.78 is 0. The minimum atomic E-state index is 0.201. The second kappa shape index (κ2) is 5.01. The van der Waals surface area contributed by atoms with E-state index in [4.69, 9.17) is 11.6 Å². The lowest BCUT2D eigenvalue weighted by Crippen LogP contribution is -2.23. The van der Waals surface area contributed by atoms with E-state index in [9.17, 15) is 4.79 Å². The third-order valence-corrected chi connectivity index (χ3v) is 3.80. The van der Waals surface area contributed by atoms with Crippen LogP contribution >= 0.6 is 11.6 Å². The maximum Gasteiger partial charge on any atom is 0.133 e. The number of carbonyl (C=O) groups is 1. The summed E-state index contributed by atoms with van der Waals surface area (Å²) in [6.45, 7) is 1.72. The van der Waals surface area contributed by atoms with Gasteiger partial charge in [0.15, 0.2) is 0 Å². The van der Waals surface area contributed by atoms with Gasteiger partial charge >= 0.3 is 0 Å². The fraction of sp³-hybridized carbons (Fsp3) is 0.500. The van der Waals surface area contributed by atoms with Crippen LogP contribution in [0.2, 0.25) is 5.02 Å². The summed E-state index contributed by atoms with van der Waals surface area (Å²) in [7, 11) is 0. The van der Waals surface area contributed by atoms with Crippen molar-refractivity contribution in [2.75, 3.05) is 0 Å². The maximum atomic E-state index is 11.6. The van der Waals surface area contributed by atoms with Gasteiger partial charge in [0.25, 0.3) is 0 Å². The molecule has 2 atom stereocenters. The van der Waals surface area contributed by atoms with Crippen molar-refractivity contribution in [1.29, 1.82) is 0 Å². The van der Waals surface area contributed by atoms with Crippen molar-refractivity contribution in [3.63, 3.8) is 0 Å². The summed E-state index contributed by atoms with van der Waals surface area (Å²) in [5.41, 5.74) is 1.23. The normalized spacial score (nSPS) is 25.4. The van der Waals surface area contributed by atoms with E-state index in [0.717, 1.165) is 17.9 Å². The monoisotopic (exact) mass is 236 g/mol. The van der Waals surface area contributed by atoms with Gasteiger partial charge in [0.1, 0.15) is 5.78 Å². The van der Waals surface area contributed by atoms with Crippen LogP contribution in [0.4, 0.5) is 0 Å². The lowest BCUT2D eigenvalue weighted by molar-refractivity contribution is -0.122. The Hall–Kier alpha value is -0.820. The van der Waals surface area contributed by atoms with E-state index in [2.05, 4.69) is 6.07 Å². The van der Waals surface area contributed by atoms with Crippen LogP contribution in [0.15, 0.2) is 24.3 Å². The molecule has 0 spiro atoms. The minimum Gasteiger partial charge on any atom is -0.300 e. The number of hydrogen-bond acceptors (Lipinski definition) is 1. The molecule has 2 rings (SSSR count). The standard InChI is InChI=1S/C14H17ClO/c1-10(16)13-7-2-3-8-14(13)11-5-4-6-12(15)9-11/h4-6,9,13-14H,2-3,7-8H2,1H3. The molecular weight excluding hydrogens is 220 g/mol. The van der Waals surface area contributed by atoms with Crippen molar-refractivity contribution in [3.8, 4) is 0 Å². The van der Waals surface area contributed by atoms with E-state index in [0.29, 0.717) is 11.7 Å². The van der Waals surface area contributed by atoms with Crippen molar-refractivity contribution in [3.05, 3.63) is 34.9 Å². The predicted molar refractivity (Wildman–Crippen MR) is 66.8 cm³/mol. The van der Waals surface area contributed by atoms with Gasteiger partial charge in [-0.15, -0.1) is 0 Å². The molecule has 2 heteroatoms. The fourth-order valence-corrected chi connectivity index (χ4v) is 2.95. The van der Waals surface area contributed by atoms with Crippen molar-refractivity contribution in [1.82, 2.24) is 0 Å². The quantitative estimate of drug-likeness (QED) is 0.752. The summed E-state index contributed by atoms with van der Waals surface area (Å²) in [6, 6.07) is 7.96. The number of halogens is 1. The van der Waals surface area contributed by atoms with Gasteiger partial charge in [0.05, 0.1) is 0 Å². The molecule has 1 aromatic carbocycles. The molecule has 1 fully saturated rings. The van der Waals surface area contributed by atoms with Crippen LogP contribution < -0.4 is 0 Å². The summed E-state index contributed by atoms with van der Waals surface area (Å²) in [6.07, 6.45) is 4.55. The first kappa shape index (κ1) is 11.7.